The summed E-state index contributed by atoms with van der Waals surface area (Å²) in [5.74, 6) is 0.715. The number of oxime groups is 1. The van der Waals surface area contributed by atoms with Crippen molar-refractivity contribution in [2.24, 2.45) is 17.0 Å². The van der Waals surface area contributed by atoms with Crippen LogP contribution in [0.1, 0.15) is 46.5 Å². The fourth-order valence-corrected chi connectivity index (χ4v) is 3.57. The minimum absolute atomic E-state index is 0.255. The van der Waals surface area contributed by atoms with Gasteiger partial charge in [-0.15, -0.1) is 6.58 Å². The van der Waals surface area contributed by atoms with Gasteiger partial charge in [-0.1, -0.05) is 24.1 Å². The molecule has 1 saturated carbocycles. The van der Waals surface area contributed by atoms with Gasteiger partial charge in [-0.05, 0) is 39.5 Å². The van der Waals surface area contributed by atoms with Gasteiger partial charge in [0.2, 0.25) is 0 Å². The molecular formula is C14H26NO4P. The maximum Gasteiger partial charge on any atom is 0.550 e. The first kappa shape index (κ1) is 17.4. The largest absolute Gasteiger partial charge is 0.550 e. The fraction of sp³-hybridized carbons (Fsp3) is 0.786. The summed E-state index contributed by atoms with van der Waals surface area (Å²) in [6, 6.07) is 0. The first-order chi connectivity index (χ1) is 9.56. The minimum atomic E-state index is -3.57. The van der Waals surface area contributed by atoms with Crippen LogP contribution in [-0.4, -0.2) is 18.9 Å². The molecule has 0 aromatic rings. The summed E-state index contributed by atoms with van der Waals surface area (Å²) < 4.78 is 27.3. The van der Waals surface area contributed by atoms with E-state index in [-0.39, 0.29) is 13.2 Å². The lowest BCUT2D eigenvalue weighted by molar-refractivity contribution is 0.124. The third kappa shape index (κ3) is 5.04. The average molecular weight is 303 g/mol. The molecule has 1 fully saturated rings. The summed E-state index contributed by atoms with van der Waals surface area (Å²) in [5, 5.41) is 4.01. The Balaban J connectivity index is 2.71. The SMILES string of the molecule is C=C[C@@H]1CCCC[C@H]1/C(C)=N/OP(=O)(OCC)OCC. The molecule has 0 spiro atoms. The Morgan fingerprint density at radius 3 is 2.45 bits per heavy atom. The maximum absolute atomic E-state index is 12.2. The van der Waals surface area contributed by atoms with Crippen molar-refractivity contribution in [3.63, 3.8) is 0 Å². The molecule has 0 aromatic heterocycles. The number of phosphoric acid groups is 1. The molecule has 0 aromatic carbocycles. The van der Waals surface area contributed by atoms with Crippen LogP contribution < -0.4 is 0 Å². The van der Waals surface area contributed by atoms with Crippen molar-refractivity contribution in [2.75, 3.05) is 13.2 Å². The molecule has 2 atom stereocenters. The third-order valence-corrected chi connectivity index (χ3v) is 4.95. The van der Waals surface area contributed by atoms with E-state index in [4.69, 9.17) is 13.7 Å². The number of nitrogens with zero attached hydrogens (tertiary/aromatic N) is 1. The van der Waals surface area contributed by atoms with Crippen LogP contribution in [0.15, 0.2) is 17.8 Å². The van der Waals surface area contributed by atoms with Gasteiger partial charge in [0, 0.05) is 5.92 Å². The van der Waals surface area contributed by atoms with Crippen LogP contribution in [0.3, 0.4) is 0 Å². The molecule has 0 aliphatic heterocycles. The van der Waals surface area contributed by atoms with Crippen molar-refractivity contribution in [3.8, 4) is 0 Å². The van der Waals surface area contributed by atoms with E-state index in [1.807, 2.05) is 13.0 Å². The molecule has 0 bridgehead atoms. The molecule has 116 valence electrons. The van der Waals surface area contributed by atoms with Crippen molar-refractivity contribution < 1.29 is 18.2 Å². The number of hydrogen-bond acceptors (Lipinski definition) is 5. The Labute approximate surface area is 122 Å². The normalized spacial score (nSPS) is 24.4. The molecule has 0 heterocycles. The fourth-order valence-electron chi connectivity index (χ4n) is 2.54. The number of hydrogen-bond donors (Lipinski definition) is 0. The second-order valence-corrected chi connectivity index (χ2v) is 6.46. The van der Waals surface area contributed by atoms with Crippen LogP contribution in [-0.2, 0) is 18.2 Å². The molecule has 5 nitrogen and oxygen atoms in total. The Bertz CT molecular complexity index is 373. The summed E-state index contributed by atoms with van der Waals surface area (Å²) >= 11 is 0. The summed E-state index contributed by atoms with van der Waals surface area (Å²) in [6.07, 6.45) is 6.56. The number of allylic oxidation sites excluding steroid dienone is 1. The van der Waals surface area contributed by atoms with E-state index < -0.39 is 7.82 Å². The topological polar surface area (TPSA) is 57.1 Å². The quantitative estimate of drug-likeness (QED) is 0.285. The lowest BCUT2D eigenvalue weighted by Gasteiger charge is -2.28. The van der Waals surface area contributed by atoms with Crippen LogP contribution in [0, 0.1) is 11.8 Å². The molecule has 1 aliphatic carbocycles. The molecule has 0 amide bonds. The maximum atomic E-state index is 12.2. The summed E-state index contributed by atoms with van der Waals surface area (Å²) in [7, 11) is -3.57. The Morgan fingerprint density at radius 2 is 1.90 bits per heavy atom. The lowest BCUT2D eigenvalue weighted by Crippen LogP contribution is -2.24. The first-order valence-electron chi connectivity index (χ1n) is 7.31. The molecule has 0 N–H and O–H groups in total. The Kier molecular flexibility index (Phi) is 7.49. The summed E-state index contributed by atoms with van der Waals surface area (Å²) in [6.45, 7) is 9.76. The number of phosphoric ester groups is 1. The standard InChI is InChI=1S/C14H26NO4P/c1-5-13-10-8-9-11-14(13)12(4)15-19-20(16,17-6-2)18-7-3/h5,13-14H,1,6-11H2,2-4H3/b15-12+/t13-,14+/m1/s1. The van der Waals surface area contributed by atoms with Crippen molar-refractivity contribution in [1.82, 2.24) is 0 Å². The highest BCUT2D eigenvalue weighted by molar-refractivity contribution is 7.48. The van der Waals surface area contributed by atoms with Crippen LogP contribution in [0.4, 0.5) is 0 Å². The zero-order chi connectivity index (χ0) is 15.0. The Morgan fingerprint density at radius 1 is 1.30 bits per heavy atom. The predicted molar refractivity (Wildman–Crippen MR) is 80.7 cm³/mol. The number of rotatable bonds is 8. The molecule has 20 heavy (non-hydrogen) atoms. The van der Waals surface area contributed by atoms with E-state index in [0.29, 0.717) is 11.8 Å². The average Bonchev–Trinajstić information content (AvgIpc) is 2.45. The monoisotopic (exact) mass is 303 g/mol. The van der Waals surface area contributed by atoms with Crippen molar-refractivity contribution >= 4 is 13.5 Å². The van der Waals surface area contributed by atoms with Crippen molar-refractivity contribution in [1.29, 1.82) is 0 Å². The van der Waals surface area contributed by atoms with Crippen LogP contribution >= 0.6 is 7.82 Å². The van der Waals surface area contributed by atoms with Gasteiger partial charge in [0.1, 0.15) is 0 Å². The van der Waals surface area contributed by atoms with E-state index in [2.05, 4.69) is 11.7 Å². The van der Waals surface area contributed by atoms with Gasteiger partial charge in [0.05, 0.1) is 18.9 Å². The second kappa shape index (κ2) is 8.60. The van der Waals surface area contributed by atoms with Crippen LogP contribution in [0.2, 0.25) is 0 Å². The smallest absolute Gasteiger partial charge is 0.292 e. The van der Waals surface area contributed by atoms with E-state index >= 15 is 0 Å². The van der Waals surface area contributed by atoms with Gasteiger partial charge in [-0.2, -0.15) is 0 Å². The molecule has 6 heteroatoms. The first-order valence-corrected chi connectivity index (χ1v) is 8.77. The summed E-state index contributed by atoms with van der Waals surface area (Å²) in [4.78, 5) is 0. The predicted octanol–water partition coefficient (Wildman–Crippen LogP) is 4.55. The van der Waals surface area contributed by atoms with Gasteiger partial charge >= 0.3 is 7.82 Å². The zero-order valence-electron chi connectivity index (χ0n) is 12.7. The highest BCUT2D eigenvalue weighted by atomic mass is 31.2. The minimum Gasteiger partial charge on any atom is -0.292 e. The molecule has 1 aliphatic rings. The summed E-state index contributed by atoms with van der Waals surface area (Å²) in [5.41, 5.74) is 0.828. The molecular weight excluding hydrogens is 277 g/mol. The van der Waals surface area contributed by atoms with Gasteiger partial charge in [0.25, 0.3) is 0 Å². The van der Waals surface area contributed by atoms with Gasteiger partial charge in [-0.3, -0.25) is 13.7 Å². The van der Waals surface area contributed by atoms with Gasteiger partial charge in [-0.25, -0.2) is 4.57 Å². The second-order valence-electron chi connectivity index (χ2n) is 4.89. The van der Waals surface area contributed by atoms with E-state index in [0.717, 1.165) is 18.6 Å². The van der Waals surface area contributed by atoms with E-state index in [9.17, 15) is 4.57 Å². The molecule has 0 saturated heterocycles. The van der Waals surface area contributed by atoms with Crippen LogP contribution in [0.5, 0.6) is 0 Å². The van der Waals surface area contributed by atoms with Crippen molar-refractivity contribution in [3.05, 3.63) is 12.7 Å². The van der Waals surface area contributed by atoms with Gasteiger partial charge in [0.15, 0.2) is 0 Å². The van der Waals surface area contributed by atoms with Crippen LogP contribution in [0.25, 0.3) is 0 Å². The highest BCUT2D eigenvalue weighted by Crippen LogP contribution is 2.49. The zero-order valence-corrected chi connectivity index (χ0v) is 13.6. The van der Waals surface area contributed by atoms with Crippen molar-refractivity contribution in [2.45, 2.75) is 46.5 Å². The molecule has 0 radical (unpaired) electrons. The highest BCUT2D eigenvalue weighted by Gasteiger charge is 2.29. The molecule has 0 unspecified atom stereocenters. The third-order valence-electron chi connectivity index (χ3n) is 3.52. The van der Waals surface area contributed by atoms with Gasteiger partial charge < -0.3 is 0 Å². The van der Waals surface area contributed by atoms with E-state index in [1.165, 1.54) is 12.8 Å². The lowest BCUT2D eigenvalue weighted by atomic mass is 9.77. The van der Waals surface area contributed by atoms with E-state index in [1.54, 1.807) is 13.8 Å². The molecule has 1 rings (SSSR count). The Hall–Kier alpha value is -0.640.